The Bertz CT molecular complexity index is 268. The van der Waals surface area contributed by atoms with Crippen LogP contribution in [0.2, 0.25) is 0 Å². The Morgan fingerprint density at radius 2 is 1.93 bits per heavy atom. The molecule has 0 bridgehead atoms. The van der Waals surface area contributed by atoms with Gasteiger partial charge in [0.15, 0.2) is 0 Å². The van der Waals surface area contributed by atoms with Crippen molar-refractivity contribution in [3.05, 3.63) is 35.4 Å². The summed E-state index contributed by atoms with van der Waals surface area (Å²) >= 11 is 0. The summed E-state index contributed by atoms with van der Waals surface area (Å²) in [6, 6.07) is 8.37. The molecular weight excluding hydrogens is 186 g/mol. The van der Waals surface area contributed by atoms with Crippen molar-refractivity contribution in [2.75, 3.05) is 13.6 Å². The van der Waals surface area contributed by atoms with Gasteiger partial charge >= 0.3 is 0 Å². The second-order valence-electron chi connectivity index (χ2n) is 4.09. The highest BCUT2D eigenvalue weighted by atomic mass is 16.3. The zero-order chi connectivity index (χ0) is 11.1. The molecule has 0 heterocycles. The maximum atomic E-state index is 9.77. The van der Waals surface area contributed by atoms with Crippen LogP contribution in [0.3, 0.4) is 0 Å². The highest BCUT2D eigenvalue weighted by Crippen LogP contribution is 2.08. The van der Waals surface area contributed by atoms with Crippen molar-refractivity contribution >= 4 is 0 Å². The molecule has 1 aromatic rings. The molecule has 0 amide bonds. The molecule has 2 nitrogen and oxygen atoms in total. The third-order valence-corrected chi connectivity index (χ3v) is 2.56. The van der Waals surface area contributed by atoms with Crippen LogP contribution in [0.4, 0.5) is 0 Å². The molecule has 0 saturated carbocycles. The predicted octanol–water partition coefficient (Wildman–Crippen LogP) is 1.90. The fourth-order valence-electron chi connectivity index (χ4n) is 1.61. The van der Waals surface area contributed by atoms with E-state index in [1.165, 1.54) is 11.1 Å². The Labute approximate surface area is 92.3 Å². The van der Waals surface area contributed by atoms with Gasteiger partial charge in [0, 0.05) is 0 Å². The van der Waals surface area contributed by atoms with Gasteiger partial charge in [-0.25, -0.2) is 0 Å². The van der Waals surface area contributed by atoms with Crippen LogP contribution in [0.15, 0.2) is 24.3 Å². The Balaban J connectivity index is 2.31. The van der Waals surface area contributed by atoms with E-state index in [0.717, 1.165) is 25.8 Å². The molecule has 0 aliphatic heterocycles. The molecule has 0 saturated heterocycles. The van der Waals surface area contributed by atoms with Gasteiger partial charge in [0.05, 0.1) is 6.10 Å². The molecule has 2 heteroatoms. The number of aryl methyl sites for hydroxylation is 1. The van der Waals surface area contributed by atoms with Gasteiger partial charge in [0.2, 0.25) is 0 Å². The van der Waals surface area contributed by atoms with Crippen LogP contribution in [-0.2, 0) is 6.42 Å². The van der Waals surface area contributed by atoms with Crippen LogP contribution in [-0.4, -0.2) is 24.8 Å². The molecule has 0 aliphatic rings. The van der Waals surface area contributed by atoms with Gasteiger partial charge < -0.3 is 10.4 Å². The van der Waals surface area contributed by atoms with Gasteiger partial charge in [-0.15, -0.1) is 0 Å². The highest BCUT2D eigenvalue weighted by Gasteiger charge is 2.04. The first-order valence-corrected chi connectivity index (χ1v) is 5.60. The summed E-state index contributed by atoms with van der Waals surface area (Å²) in [4.78, 5) is 0. The summed E-state index contributed by atoms with van der Waals surface area (Å²) in [5.74, 6) is 0. The molecular formula is C13H21NO. The smallest absolute Gasteiger partial charge is 0.0581 e. The first-order chi connectivity index (χ1) is 7.22. The van der Waals surface area contributed by atoms with E-state index in [-0.39, 0.29) is 6.10 Å². The minimum atomic E-state index is -0.207. The zero-order valence-corrected chi connectivity index (χ0v) is 9.66. The number of rotatable bonds is 6. The van der Waals surface area contributed by atoms with Crippen molar-refractivity contribution in [2.45, 2.75) is 32.3 Å². The van der Waals surface area contributed by atoms with Crippen LogP contribution < -0.4 is 5.32 Å². The molecule has 1 atom stereocenters. The topological polar surface area (TPSA) is 32.3 Å². The third kappa shape index (κ3) is 4.96. The minimum Gasteiger partial charge on any atom is -0.393 e. The van der Waals surface area contributed by atoms with Crippen molar-refractivity contribution in [2.24, 2.45) is 0 Å². The lowest BCUT2D eigenvalue weighted by Crippen LogP contribution is -2.14. The van der Waals surface area contributed by atoms with E-state index in [2.05, 4.69) is 36.5 Å². The number of nitrogens with one attached hydrogen (secondary N) is 1. The van der Waals surface area contributed by atoms with Gasteiger partial charge in [0.25, 0.3) is 0 Å². The van der Waals surface area contributed by atoms with Crippen LogP contribution in [0.5, 0.6) is 0 Å². The molecule has 1 rings (SSSR count). The maximum absolute atomic E-state index is 9.77. The summed E-state index contributed by atoms with van der Waals surface area (Å²) in [7, 11) is 1.94. The lowest BCUT2D eigenvalue weighted by Gasteiger charge is -2.10. The second-order valence-corrected chi connectivity index (χ2v) is 4.09. The first kappa shape index (κ1) is 12.2. The zero-order valence-electron chi connectivity index (χ0n) is 9.66. The second kappa shape index (κ2) is 6.59. The van der Waals surface area contributed by atoms with Crippen LogP contribution >= 0.6 is 0 Å². The van der Waals surface area contributed by atoms with Crippen LogP contribution in [0.25, 0.3) is 0 Å². The van der Waals surface area contributed by atoms with Crippen molar-refractivity contribution in [3.63, 3.8) is 0 Å². The largest absolute Gasteiger partial charge is 0.393 e. The molecule has 0 fully saturated rings. The Morgan fingerprint density at radius 1 is 1.27 bits per heavy atom. The van der Waals surface area contributed by atoms with E-state index in [4.69, 9.17) is 0 Å². The average Bonchev–Trinajstić information content (AvgIpc) is 2.22. The van der Waals surface area contributed by atoms with Gasteiger partial charge in [-0.05, 0) is 45.3 Å². The molecule has 0 spiro atoms. The average molecular weight is 207 g/mol. The highest BCUT2D eigenvalue weighted by molar-refractivity contribution is 5.21. The molecule has 15 heavy (non-hydrogen) atoms. The molecule has 84 valence electrons. The van der Waals surface area contributed by atoms with Gasteiger partial charge in [-0.2, -0.15) is 0 Å². The monoisotopic (exact) mass is 207 g/mol. The fourth-order valence-corrected chi connectivity index (χ4v) is 1.61. The Kier molecular flexibility index (Phi) is 5.37. The lowest BCUT2D eigenvalue weighted by molar-refractivity contribution is 0.162. The normalized spacial score (nSPS) is 12.7. The molecule has 0 aliphatic carbocycles. The first-order valence-electron chi connectivity index (χ1n) is 5.60. The molecule has 0 aromatic heterocycles. The summed E-state index contributed by atoms with van der Waals surface area (Å²) in [5.41, 5.74) is 2.49. The molecule has 1 unspecified atom stereocenters. The van der Waals surface area contributed by atoms with Crippen LogP contribution in [0, 0.1) is 6.92 Å². The van der Waals surface area contributed by atoms with E-state index in [1.54, 1.807) is 0 Å². The molecule has 0 radical (unpaired) electrons. The van der Waals surface area contributed by atoms with Crippen molar-refractivity contribution in [1.82, 2.24) is 5.32 Å². The van der Waals surface area contributed by atoms with E-state index >= 15 is 0 Å². The van der Waals surface area contributed by atoms with Crippen molar-refractivity contribution in [3.8, 4) is 0 Å². The number of hydrogen-bond acceptors (Lipinski definition) is 2. The number of aliphatic hydroxyl groups is 1. The Morgan fingerprint density at radius 3 is 2.53 bits per heavy atom. The standard InChI is InChI=1S/C13H21NO/c1-11-5-7-12(8-6-11)10-13(15)4-3-9-14-2/h5-8,13-15H,3-4,9-10H2,1-2H3. The summed E-state index contributed by atoms with van der Waals surface area (Å²) in [6.45, 7) is 3.05. The summed E-state index contributed by atoms with van der Waals surface area (Å²) < 4.78 is 0. The predicted molar refractivity (Wildman–Crippen MR) is 64.1 cm³/mol. The number of benzene rings is 1. The quantitative estimate of drug-likeness (QED) is 0.698. The maximum Gasteiger partial charge on any atom is 0.0581 e. The third-order valence-electron chi connectivity index (χ3n) is 2.56. The van der Waals surface area contributed by atoms with E-state index < -0.39 is 0 Å². The molecule has 2 N–H and O–H groups in total. The van der Waals surface area contributed by atoms with Gasteiger partial charge in [-0.1, -0.05) is 29.8 Å². The van der Waals surface area contributed by atoms with E-state index in [1.807, 2.05) is 7.05 Å². The fraction of sp³-hybridized carbons (Fsp3) is 0.538. The molecule has 1 aromatic carbocycles. The SMILES string of the molecule is CNCCCC(O)Cc1ccc(C)cc1. The number of hydrogen-bond donors (Lipinski definition) is 2. The lowest BCUT2D eigenvalue weighted by atomic mass is 10.0. The van der Waals surface area contributed by atoms with Crippen molar-refractivity contribution < 1.29 is 5.11 Å². The minimum absolute atomic E-state index is 0.207. The van der Waals surface area contributed by atoms with Gasteiger partial charge in [-0.3, -0.25) is 0 Å². The number of aliphatic hydroxyl groups excluding tert-OH is 1. The van der Waals surface area contributed by atoms with Crippen LogP contribution in [0.1, 0.15) is 24.0 Å². The summed E-state index contributed by atoms with van der Waals surface area (Å²) in [5, 5.41) is 12.9. The Hall–Kier alpha value is -0.860. The summed E-state index contributed by atoms with van der Waals surface area (Å²) in [6.07, 6.45) is 2.46. The van der Waals surface area contributed by atoms with E-state index in [9.17, 15) is 5.11 Å². The van der Waals surface area contributed by atoms with Gasteiger partial charge in [0.1, 0.15) is 0 Å². The van der Waals surface area contributed by atoms with Crippen molar-refractivity contribution in [1.29, 1.82) is 0 Å². The van der Waals surface area contributed by atoms with E-state index in [0.29, 0.717) is 0 Å².